The van der Waals surface area contributed by atoms with Crippen LogP contribution in [0.1, 0.15) is 60.4 Å². The standard InChI is InChI=1S/C14H19IN2OS/c1-8(2)13-12(15)11(18-17-13)6-5-9(3)14-16-7-10(4)19-14/h7-9H,5-6H2,1-4H3. The van der Waals surface area contributed by atoms with E-state index in [9.17, 15) is 0 Å². The zero-order valence-corrected chi connectivity index (χ0v) is 14.7. The first-order chi connectivity index (χ1) is 8.99. The van der Waals surface area contributed by atoms with Gasteiger partial charge in [-0.1, -0.05) is 25.9 Å². The van der Waals surface area contributed by atoms with Gasteiger partial charge in [-0.25, -0.2) is 4.98 Å². The van der Waals surface area contributed by atoms with Crippen molar-refractivity contribution in [2.24, 2.45) is 0 Å². The van der Waals surface area contributed by atoms with Gasteiger partial charge in [-0.15, -0.1) is 11.3 Å². The first-order valence-electron chi connectivity index (χ1n) is 6.55. The molecule has 0 bridgehead atoms. The third kappa shape index (κ3) is 3.56. The lowest BCUT2D eigenvalue weighted by Crippen LogP contribution is -1.97. The van der Waals surface area contributed by atoms with Gasteiger partial charge in [0.1, 0.15) is 5.76 Å². The van der Waals surface area contributed by atoms with Crippen molar-refractivity contribution in [3.8, 4) is 0 Å². The Bertz CT molecular complexity index is 547. The maximum Gasteiger partial charge on any atom is 0.150 e. The zero-order valence-electron chi connectivity index (χ0n) is 11.7. The highest BCUT2D eigenvalue weighted by atomic mass is 127. The molecule has 1 unspecified atom stereocenters. The van der Waals surface area contributed by atoms with Gasteiger partial charge in [0.15, 0.2) is 0 Å². The molecule has 2 heterocycles. The quantitative estimate of drug-likeness (QED) is 0.682. The Morgan fingerprint density at radius 3 is 2.63 bits per heavy atom. The summed E-state index contributed by atoms with van der Waals surface area (Å²) in [4.78, 5) is 5.73. The van der Waals surface area contributed by atoms with Crippen LogP contribution in [0.2, 0.25) is 0 Å². The Morgan fingerprint density at radius 2 is 2.11 bits per heavy atom. The predicted octanol–water partition coefficient (Wildman–Crippen LogP) is 4.90. The van der Waals surface area contributed by atoms with Crippen molar-refractivity contribution >= 4 is 33.9 Å². The molecule has 2 rings (SSSR count). The molecule has 2 aromatic heterocycles. The van der Waals surface area contributed by atoms with Crippen molar-refractivity contribution in [1.82, 2.24) is 10.1 Å². The summed E-state index contributed by atoms with van der Waals surface area (Å²) in [7, 11) is 0. The minimum Gasteiger partial charge on any atom is -0.360 e. The first kappa shape index (κ1) is 15.0. The van der Waals surface area contributed by atoms with Gasteiger partial charge in [-0.2, -0.15) is 0 Å². The molecule has 0 spiro atoms. The molecule has 5 heteroatoms. The van der Waals surface area contributed by atoms with Crippen LogP contribution in [0.5, 0.6) is 0 Å². The van der Waals surface area contributed by atoms with Gasteiger partial charge in [-0.05, 0) is 35.9 Å². The Morgan fingerprint density at radius 1 is 1.37 bits per heavy atom. The smallest absolute Gasteiger partial charge is 0.150 e. The zero-order chi connectivity index (χ0) is 14.0. The highest BCUT2D eigenvalue weighted by Crippen LogP contribution is 2.28. The summed E-state index contributed by atoms with van der Waals surface area (Å²) >= 11 is 4.13. The molecule has 0 aliphatic rings. The monoisotopic (exact) mass is 390 g/mol. The minimum atomic E-state index is 0.420. The summed E-state index contributed by atoms with van der Waals surface area (Å²) in [5.74, 6) is 1.91. The average Bonchev–Trinajstić information content (AvgIpc) is 2.93. The van der Waals surface area contributed by atoms with E-state index in [4.69, 9.17) is 4.52 Å². The van der Waals surface area contributed by atoms with E-state index in [0.717, 1.165) is 24.3 Å². The average molecular weight is 390 g/mol. The maximum atomic E-state index is 5.47. The molecule has 0 amide bonds. The maximum absolute atomic E-state index is 5.47. The Labute approximate surface area is 131 Å². The molecular weight excluding hydrogens is 371 g/mol. The number of hydrogen-bond acceptors (Lipinski definition) is 4. The SMILES string of the molecule is Cc1cnc(C(C)CCc2onc(C(C)C)c2I)s1. The molecule has 104 valence electrons. The van der Waals surface area contributed by atoms with Gasteiger partial charge >= 0.3 is 0 Å². The number of aromatic nitrogens is 2. The molecule has 0 saturated carbocycles. The second-order valence-corrected chi connectivity index (χ2v) is 7.55. The van der Waals surface area contributed by atoms with Crippen LogP contribution in [0.15, 0.2) is 10.7 Å². The number of nitrogens with zero attached hydrogens (tertiary/aromatic N) is 2. The van der Waals surface area contributed by atoms with E-state index in [1.807, 2.05) is 6.20 Å². The lowest BCUT2D eigenvalue weighted by molar-refractivity contribution is 0.369. The third-order valence-electron chi connectivity index (χ3n) is 3.14. The molecular formula is C14H19IN2OS. The van der Waals surface area contributed by atoms with E-state index >= 15 is 0 Å². The van der Waals surface area contributed by atoms with Crippen LogP contribution < -0.4 is 0 Å². The van der Waals surface area contributed by atoms with Crippen molar-refractivity contribution < 1.29 is 4.52 Å². The minimum absolute atomic E-state index is 0.420. The van der Waals surface area contributed by atoms with Crippen molar-refractivity contribution in [3.63, 3.8) is 0 Å². The number of thiazole rings is 1. The number of hydrogen-bond donors (Lipinski definition) is 0. The molecule has 19 heavy (non-hydrogen) atoms. The molecule has 0 radical (unpaired) electrons. The molecule has 0 aliphatic carbocycles. The van der Waals surface area contributed by atoms with E-state index < -0.39 is 0 Å². The summed E-state index contributed by atoms with van der Waals surface area (Å²) in [5.41, 5.74) is 1.08. The summed E-state index contributed by atoms with van der Waals surface area (Å²) in [6.45, 7) is 8.61. The van der Waals surface area contributed by atoms with Gasteiger partial charge in [0.25, 0.3) is 0 Å². The van der Waals surface area contributed by atoms with Gasteiger partial charge in [0.05, 0.1) is 14.3 Å². The van der Waals surface area contributed by atoms with Crippen LogP contribution in [-0.4, -0.2) is 10.1 Å². The van der Waals surface area contributed by atoms with Crippen LogP contribution in [0.3, 0.4) is 0 Å². The van der Waals surface area contributed by atoms with Crippen molar-refractivity contribution in [2.45, 2.75) is 52.4 Å². The van der Waals surface area contributed by atoms with Crippen LogP contribution in [0.4, 0.5) is 0 Å². The van der Waals surface area contributed by atoms with Gasteiger partial charge in [-0.3, -0.25) is 0 Å². The highest BCUT2D eigenvalue weighted by Gasteiger charge is 2.17. The van der Waals surface area contributed by atoms with Gasteiger partial charge < -0.3 is 4.52 Å². The largest absolute Gasteiger partial charge is 0.360 e. The highest BCUT2D eigenvalue weighted by molar-refractivity contribution is 14.1. The van der Waals surface area contributed by atoms with E-state index in [0.29, 0.717) is 11.8 Å². The van der Waals surface area contributed by atoms with Crippen LogP contribution in [-0.2, 0) is 6.42 Å². The van der Waals surface area contributed by atoms with Crippen LogP contribution >= 0.6 is 33.9 Å². The Kier molecular flexibility index (Phi) is 5.00. The summed E-state index contributed by atoms with van der Waals surface area (Å²) < 4.78 is 6.66. The molecule has 2 aromatic rings. The lowest BCUT2D eigenvalue weighted by atomic mass is 10.0. The normalized spacial score (nSPS) is 13.2. The first-order valence-corrected chi connectivity index (χ1v) is 8.44. The van der Waals surface area contributed by atoms with Gasteiger partial charge in [0.2, 0.25) is 0 Å². The summed E-state index contributed by atoms with van der Waals surface area (Å²) in [6.07, 6.45) is 3.93. The second-order valence-electron chi connectivity index (χ2n) is 5.21. The van der Waals surface area contributed by atoms with Crippen molar-refractivity contribution in [3.05, 3.63) is 31.1 Å². The fraction of sp³-hybridized carbons (Fsp3) is 0.571. The van der Waals surface area contributed by atoms with E-state index in [-0.39, 0.29) is 0 Å². The summed E-state index contributed by atoms with van der Waals surface area (Å²) in [6, 6.07) is 0. The number of halogens is 1. The molecule has 1 atom stereocenters. The second kappa shape index (κ2) is 6.35. The Hall–Kier alpha value is -0.430. The van der Waals surface area contributed by atoms with Crippen molar-refractivity contribution in [2.75, 3.05) is 0 Å². The molecule has 0 aliphatic heterocycles. The van der Waals surface area contributed by atoms with E-state index in [1.54, 1.807) is 11.3 Å². The van der Waals surface area contributed by atoms with E-state index in [1.165, 1.54) is 13.5 Å². The molecule has 0 saturated heterocycles. The molecule has 3 nitrogen and oxygen atoms in total. The third-order valence-corrected chi connectivity index (χ3v) is 5.43. The van der Waals surface area contributed by atoms with Crippen LogP contribution in [0.25, 0.3) is 0 Å². The molecule has 0 fully saturated rings. The van der Waals surface area contributed by atoms with Crippen LogP contribution in [0, 0.1) is 10.5 Å². The topological polar surface area (TPSA) is 38.9 Å². The molecule has 0 aromatic carbocycles. The van der Waals surface area contributed by atoms with Gasteiger partial charge in [0, 0.05) is 29.3 Å². The predicted molar refractivity (Wildman–Crippen MR) is 86.9 cm³/mol. The Balaban J connectivity index is 1.99. The van der Waals surface area contributed by atoms with E-state index in [2.05, 4.69) is 60.4 Å². The summed E-state index contributed by atoms with van der Waals surface area (Å²) in [5, 5.41) is 5.39. The van der Waals surface area contributed by atoms with Crippen molar-refractivity contribution in [1.29, 1.82) is 0 Å². The molecule has 0 N–H and O–H groups in total. The fourth-order valence-electron chi connectivity index (χ4n) is 1.91. The lowest BCUT2D eigenvalue weighted by Gasteiger charge is -2.06. The number of rotatable bonds is 5. The fourth-order valence-corrected chi connectivity index (χ4v) is 3.86. The number of aryl methyl sites for hydroxylation is 2.